The summed E-state index contributed by atoms with van der Waals surface area (Å²) in [5, 5.41) is 9.74. The van der Waals surface area contributed by atoms with E-state index in [2.05, 4.69) is 10.7 Å². The van der Waals surface area contributed by atoms with Gasteiger partial charge in [-0.15, -0.1) is 6.42 Å². The molecule has 0 saturated carbocycles. The number of carbonyl (C=O) groups is 1. The summed E-state index contributed by atoms with van der Waals surface area (Å²) in [7, 11) is 1.28. The number of hydrogen-bond acceptors (Lipinski definition) is 3. The van der Waals surface area contributed by atoms with Crippen LogP contribution in [0.1, 0.15) is 23.7 Å². The molecule has 3 heteroatoms. The van der Waals surface area contributed by atoms with Crippen molar-refractivity contribution in [2.45, 2.75) is 12.5 Å². The molecule has 1 atom stereocenters. The molecule has 0 saturated heterocycles. The first-order valence-corrected chi connectivity index (χ1v) is 4.49. The van der Waals surface area contributed by atoms with E-state index in [1.54, 1.807) is 24.3 Å². The summed E-state index contributed by atoms with van der Waals surface area (Å²) < 4.78 is 4.47. The van der Waals surface area contributed by atoms with Crippen molar-refractivity contribution in [3.8, 4) is 12.3 Å². The first-order valence-electron chi connectivity index (χ1n) is 4.49. The number of carbonyl (C=O) groups excluding carboxylic acids is 1. The molecule has 0 aliphatic carbocycles. The molecule has 0 fully saturated rings. The van der Waals surface area contributed by atoms with E-state index in [4.69, 9.17) is 6.42 Å². The van der Waals surface area contributed by atoms with E-state index < -0.39 is 12.1 Å². The number of rotatable bonds is 3. The standard InChI is InChI=1S/C12H12O3/c1-3-9-6-4-5-7-10(9)11(13)8-12(14)15-2/h1,4-7,11,13H,8H2,2H3/t11-/m0/s1. The van der Waals surface area contributed by atoms with Gasteiger partial charge in [0, 0.05) is 5.56 Å². The lowest BCUT2D eigenvalue weighted by Crippen LogP contribution is -2.09. The summed E-state index contributed by atoms with van der Waals surface area (Å²) in [4.78, 5) is 11.0. The van der Waals surface area contributed by atoms with E-state index in [-0.39, 0.29) is 6.42 Å². The number of hydrogen-bond donors (Lipinski definition) is 1. The van der Waals surface area contributed by atoms with Gasteiger partial charge in [0.25, 0.3) is 0 Å². The van der Waals surface area contributed by atoms with E-state index in [1.807, 2.05) is 0 Å². The third-order valence-electron chi connectivity index (χ3n) is 2.06. The lowest BCUT2D eigenvalue weighted by Gasteiger charge is -2.11. The monoisotopic (exact) mass is 204 g/mol. The lowest BCUT2D eigenvalue weighted by atomic mass is 10.0. The molecule has 15 heavy (non-hydrogen) atoms. The second kappa shape index (κ2) is 5.18. The van der Waals surface area contributed by atoms with Crippen LogP contribution in [0.3, 0.4) is 0 Å². The summed E-state index contributed by atoms with van der Waals surface area (Å²) in [5.41, 5.74) is 1.17. The molecule has 0 heterocycles. The van der Waals surface area contributed by atoms with Crippen molar-refractivity contribution >= 4 is 5.97 Å². The van der Waals surface area contributed by atoms with Crippen molar-refractivity contribution in [3.63, 3.8) is 0 Å². The van der Waals surface area contributed by atoms with Crippen molar-refractivity contribution in [2.75, 3.05) is 7.11 Å². The smallest absolute Gasteiger partial charge is 0.308 e. The van der Waals surface area contributed by atoms with Gasteiger partial charge in [0.15, 0.2) is 0 Å². The van der Waals surface area contributed by atoms with Crippen LogP contribution in [0.4, 0.5) is 0 Å². The zero-order valence-electron chi connectivity index (χ0n) is 8.43. The Kier molecular flexibility index (Phi) is 3.90. The third kappa shape index (κ3) is 2.83. The van der Waals surface area contributed by atoms with Crippen LogP contribution in [0, 0.1) is 12.3 Å². The van der Waals surface area contributed by atoms with Gasteiger partial charge in [0.1, 0.15) is 0 Å². The molecule has 0 radical (unpaired) electrons. The van der Waals surface area contributed by atoms with Gasteiger partial charge in [-0.05, 0) is 11.6 Å². The van der Waals surface area contributed by atoms with E-state index in [9.17, 15) is 9.90 Å². The Balaban J connectivity index is 2.87. The van der Waals surface area contributed by atoms with Crippen molar-refractivity contribution in [1.29, 1.82) is 0 Å². The molecule has 0 aromatic heterocycles. The molecule has 1 aromatic rings. The van der Waals surface area contributed by atoms with Crippen LogP contribution in [0.25, 0.3) is 0 Å². The van der Waals surface area contributed by atoms with E-state index in [0.29, 0.717) is 11.1 Å². The number of aliphatic hydroxyl groups is 1. The Labute approximate surface area is 88.7 Å². The van der Waals surface area contributed by atoms with Crippen molar-refractivity contribution in [2.24, 2.45) is 0 Å². The number of terminal acetylenes is 1. The molecular formula is C12H12O3. The van der Waals surface area contributed by atoms with Gasteiger partial charge in [-0.2, -0.15) is 0 Å². The molecule has 0 unspecified atom stereocenters. The Morgan fingerprint density at radius 1 is 1.60 bits per heavy atom. The van der Waals surface area contributed by atoms with E-state index in [0.717, 1.165) is 0 Å². The summed E-state index contributed by atoms with van der Waals surface area (Å²) in [6.45, 7) is 0. The zero-order valence-corrected chi connectivity index (χ0v) is 8.43. The number of esters is 1. The van der Waals surface area contributed by atoms with E-state index >= 15 is 0 Å². The fourth-order valence-electron chi connectivity index (χ4n) is 1.27. The molecule has 1 aromatic carbocycles. The van der Waals surface area contributed by atoms with Crippen LogP contribution in [0.15, 0.2) is 24.3 Å². The van der Waals surface area contributed by atoms with Crippen LogP contribution in [0.2, 0.25) is 0 Å². The molecule has 78 valence electrons. The molecule has 0 aliphatic heterocycles. The van der Waals surface area contributed by atoms with Crippen LogP contribution >= 0.6 is 0 Å². The number of aliphatic hydroxyl groups excluding tert-OH is 1. The maximum absolute atomic E-state index is 11.0. The normalized spacial score (nSPS) is 11.5. The maximum Gasteiger partial charge on any atom is 0.308 e. The number of benzene rings is 1. The predicted molar refractivity (Wildman–Crippen MR) is 56.0 cm³/mol. The summed E-state index contributed by atoms with van der Waals surface area (Å²) in [5.74, 6) is 1.99. The van der Waals surface area contributed by atoms with Crippen molar-refractivity contribution in [1.82, 2.24) is 0 Å². The van der Waals surface area contributed by atoms with Gasteiger partial charge in [-0.25, -0.2) is 0 Å². The highest BCUT2D eigenvalue weighted by atomic mass is 16.5. The highest BCUT2D eigenvalue weighted by Crippen LogP contribution is 2.20. The van der Waals surface area contributed by atoms with Crippen LogP contribution in [-0.2, 0) is 9.53 Å². The minimum atomic E-state index is -0.912. The molecule has 1 N–H and O–H groups in total. The molecule has 3 nitrogen and oxygen atoms in total. The Bertz CT molecular complexity index is 390. The van der Waals surface area contributed by atoms with Crippen LogP contribution in [-0.4, -0.2) is 18.2 Å². The molecule has 0 amide bonds. The summed E-state index contributed by atoms with van der Waals surface area (Å²) >= 11 is 0. The summed E-state index contributed by atoms with van der Waals surface area (Å²) in [6, 6.07) is 6.96. The fourth-order valence-corrected chi connectivity index (χ4v) is 1.27. The van der Waals surface area contributed by atoms with Crippen molar-refractivity contribution in [3.05, 3.63) is 35.4 Å². The average Bonchev–Trinajstić information content (AvgIpc) is 2.28. The quantitative estimate of drug-likeness (QED) is 0.595. The highest BCUT2D eigenvalue weighted by Gasteiger charge is 2.15. The molecule has 0 aliphatic rings. The number of ether oxygens (including phenoxy) is 1. The molecule has 0 bridgehead atoms. The lowest BCUT2D eigenvalue weighted by molar-refractivity contribution is -0.142. The van der Waals surface area contributed by atoms with Crippen molar-refractivity contribution < 1.29 is 14.6 Å². The highest BCUT2D eigenvalue weighted by molar-refractivity contribution is 5.70. The largest absolute Gasteiger partial charge is 0.469 e. The molecule has 0 spiro atoms. The minimum absolute atomic E-state index is 0.0881. The van der Waals surface area contributed by atoms with Crippen LogP contribution < -0.4 is 0 Å². The van der Waals surface area contributed by atoms with Gasteiger partial charge in [0.2, 0.25) is 0 Å². The molecule has 1 rings (SSSR count). The Hall–Kier alpha value is -1.79. The van der Waals surface area contributed by atoms with Gasteiger partial charge in [-0.1, -0.05) is 24.1 Å². The van der Waals surface area contributed by atoms with Crippen LogP contribution in [0.5, 0.6) is 0 Å². The Morgan fingerprint density at radius 3 is 2.87 bits per heavy atom. The van der Waals surface area contributed by atoms with Gasteiger partial charge in [0.05, 0.1) is 19.6 Å². The zero-order chi connectivity index (χ0) is 11.3. The topological polar surface area (TPSA) is 46.5 Å². The number of methoxy groups -OCH3 is 1. The summed E-state index contributed by atoms with van der Waals surface area (Å²) in [6.07, 6.45) is 4.27. The average molecular weight is 204 g/mol. The second-order valence-corrected chi connectivity index (χ2v) is 3.03. The first-order chi connectivity index (χ1) is 7.19. The van der Waals surface area contributed by atoms with Gasteiger partial charge in [-0.3, -0.25) is 4.79 Å². The Morgan fingerprint density at radius 2 is 2.27 bits per heavy atom. The SMILES string of the molecule is C#Cc1ccccc1[C@@H](O)CC(=O)OC. The van der Waals surface area contributed by atoms with Gasteiger partial charge < -0.3 is 9.84 Å². The second-order valence-electron chi connectivity index (χ2n) is 3.03. The predicted octanol–water partition coefficient (Wildman–Crippen LogP) is 1.26. The minimum Gasteiger partial charge on any atom is -0.469 e. The fraction of sp³-hybridized carbons (Fsp3) is 0.250. The third-order valence-corrected chi connectivity index (χ3v) is 2.06. The van der Waals surface area contributed by atoms with Gasteiger partial charge >= 0.3 is 5.97 Å². The maximum atomic E-state index is 11.0. The first kappa shape index (κ1) is 11.3. The van der Waals surface area contributed by atoms with E-state index in [1.165, 1.54) is 7.11 Å². The molecular weight excluding hydrogens is 192 g/mol.